The van der Waals surface area contributed by atoms with Crippen LogP contribution in [0.25, 0.3) is 0 Å². The second-order valence-electron chi connectivity index (χ2n) is 0. The molecule has 0 saturated carbocycles. The molecule has 0 fully saturated rings. The van der Waals surface area contributed by atoms with E-state index in [9.17, 15) is 0 Å². The highest BCUT2D eigenvalue weighted by Crippen LogP contribution is 1.15. The first-order chi connectivity index (χ1) is 5.00. The lowest BCUT2D eigenvalue weighted by atomic mass is 11.0. The van der Waals surface area contributed by atoms with Gasteiger partial charge in [0.25, 0.3) is 0 Å². The van der Waals surface area contributed by atoms with Crippen LogP contribution in [0.3, 0.4) is 0 Å². The maximum absolute atomic E-state index is 3.25. The van der Waals surface area contributed by atoms with Crippen LogP contribution < -0.4 is 0 Å². The molecule has 0 amide bonds. The summed E-state index contributed by atoms with van der Waals surface area (Å²) >= 11 is 0. The molecule has 0 aliphatic heterocycles. The Bertz CT molecular complexity index is 0. The number of hydrogen-bond acceptors (Lipinski definition) is 0. The maximum atomic E-state index is 3.25. The predicted molar refractivity (Wildman–Crippen MR) is 56.4 cm³/mol. The fraction of sp³-hybridized carbons (Fsp3) is 0.900. The number of hydrogen-bond donors (Lipinski definition) is 0. The summed E-state index contributed by atoms with van der Waals surface area (Å²) in [6.45, 7) is 21.0. The summed E-state index contributed by atoms with van der Waals surface area (Å²) in [5.41, 5.74) is 0. The Morgan fingerprint density at radius 3 is 0.400 bits per heavy atom. The lowest BCUT2D eigenvalue weighted by Gasteiger charge is -1.27. The average molecular weight is 149 g/mol. The van der Waals surface area contributed by atoms with Gasteiger partial charge in [0.2, 0.25) is 0 Å². The Morgan fingerprint density at radius 2 is 0.400 bits per heavy atom. The molecule has 0 rings (SSSR count). The van der Waals surface area contributed by atoms with Gasteiger partial charge in [-0.25, -0.2) is 0 Å². The van der Waals surface area contributed by atoms with E-state index in [2.05, 4.69) is 6.92 Å². The predicted octanol–water partition coefficient (Wildman–Crippen LogP) is 4.95. The molecule has 0 nitrogen and oxygen atoms in total. The van der Waals surface area contributed by atoms with Gasteiger partial charge in [-0.2, -0.15) is 6.92 Å². The Morgan fingerprint density at radius 1 is 0.400 bits per heavy atom. The third-order valence-electron chi connectivity index (χ3n) is 0. The zero-order valence-corrected chi connectivity index (χ0v) is 9.71. The quantitative estimate of drug-likeness (QED) is 0.428. The fourth-order valence-electron chi connectivity index (χ4n) is 0. The Kier molecular flexibility index (Phi) is 0. The second kappa shape index (κ2) is 0. The van der Waals surface area contributed by atoms with Crippen LogP contribution in [0.1, 0.15) is 62.3 Å². The smallest absolute Gasteiger partial charge is 0.0683 e. The molecule has 10 heavy (non-hydrogen) atoms. The molecule has 0 aromatic carbocycles. The van der Waals surface area contributed by atoms with Gasteiger partial charge in [0.15, 0.2) is 0 Å². The van der Waals surface area contributed by atoms with Gasteiger partial charge in [-0.3, -0.25) is 0 Å². The fourth-order valence-corrected chi connectivity index (χ4v) is 0. The molecule has 0 aromatic rings. The van der Waals surface area contributed by atoms with E-state index in [0.29, 0.717) is 0 Å². The van der Waals surface area contributed by atoms with Gasteiger partial charge in [0.05, 0.1) is 0 Å². The van der Waals surface area contributed by atoms with Crippen molar-refractivity contribution in [2.24, 2.45) is 0 Å². The molecule has 0 spiro atoms. The minimum absolute atomic E-state index is 1.75. The lowest BCUT2D eigenvalue weighted by Crippen LogP contribution is -0.888. The van der Waals surface area contributed by atoms with Crippen LogP contribution >= 0.6 is 0 Å². The Balaban J connectivity index is -0.0000000104. The van der Waals surface area contributed by atoms with Crippen LogP contribution in [0, 0.1) is 6.92 Å². The summed E-state index contributed by atoms with van der Waals surface area (Å²) in [7, 11) is 0. The molecule has 0 saturated heterocycles. The molecule has 0 aromatic heterocycles. The van der Waals surface area contributed by atoms with Crippen molar-refractivity contribution in [3.8, 4) is 0 Å². The second-order valence-corrected chi connectivity index (χ2v) is 0. The lowest BCUT2D eigenvalue weighted by molar-refractivity contribution is 1.50. The molecule has 0 aliphatic rings. The van der Waals surface area contributed by atoms with E-state index in [-0.39, 0.29) is 0 Å². The highest BCUT2D eigenvalue weighted by atomic mass is 13.0. The Labute approximate surface area is 70.0 Å². The average Bonchev–Trinajstić information content (AvgIpc) is 2.20. The highest BCUT2D eigenvalue weighted by Gasteiger charge is 0.938. The summed E-state index contributed by atoms with van der Waals surface area (Å²) in [6, 6.07) is 0. The molecule has 0 N–H and O–H groups in total. The monoisotopic (exact) mass is 149 g/mol. The highest BCUT2D eigenvalue weighted by molar-refractivity contribution is 3.94. The standard InChI is InChI=1S/4C2H6.C2H5/c5*1-2/h4*1-2H3;1H2,2H3/q;;;;-1. The van der Waals surface area contributed by atoms with E-state index in [1.165, 1.54) is 0 Å². The molecule has 0 aliphatic carbocycles. The number of rotatable bonds is 0. The molecule has 0 bridgehead atoms. The van der Waals surface area contributed by atoms with E-state index in [0.717, 1.165) is 0 Å². The van der Waals surface area contributed by atoms with Gasteiger partial charge in [0.1, 0.15) is 0 Å². The summed E-state index contributed by atoms with van der Waals surface area (Å²) in [6.07, 6.45) is 0. The van der Waals surface area contributed by atoms with Gasteiger partial charge in [-0.05, 0) is 0 Å². The van der Waals surface area contributed by atoms with E-state index in [1.54, 1.807) is 6.92 Å². The summed E-state index contributed by atoms with van der Waals surface area (Å²) < 4.78 is 0. The van der Waals surface area contributed by atoms with Crippen molar-refractivity contribution in [1.29, 1.82) is 0 Å². The zero-order chi connectivity index (χ0) is 10.0. The van der Waals surface area contributed by atoms with Crippen molar-refractivity contribution < 1.29 is 0 Å². The first-order valence-corrected chi connectivity index (χ1v) is 4.71. The first kappa shape index (κ1) is 32.4. The normalized spacial score (nSPS) is 3.00. The minimum atomic E-state index is 1.75. The van der Waals surface area contributed by atoms with Crippen molar-refractivity contribution in [2.75, 3.05) is 0 Å². The molecule has 0 atom stereocenters. The molecule has 70 valence electrons. The van der Waals surface area contributed by atoms with Gasteiger partial charge in [-0.15, -0.1) is 0 Å². The third-order valence-corrected chi connectivity index (χ3v) is 0. The van der Waals surface area contributed by atoms with Gasteiger partial charge < -0.3 is 6.92 Å². The van der Waals surface area contributed by atoms with Crippen LogP contribution in [0.15, 0.2) is 0 Å². The van der Waals surface area contributed by atoms with Crippen LogP contribution in [0.4, 0.5) is 0 Å². The topological polar surface area (TPSA) is 0 Å². The van der Waals surface area contributed by atoms with E-state index >= 15 is 0 Å². The van der Waals surface area contributed by atoms with E-state index < -0.39 is 0 Å². The van der Waals surface area contributed by atoms with Crippen molar-refractivity contribution >= 4 is 0 Å². The van der Waals surface area contributed by atoms with Crippen molar-refractivity contribution in [2.45, 2.75) is 62.3 Å². The molecule has 0 heteroatoms. The zero-order valence-electron chi connectivity index (χ0n) is 9.71. The summed E-state index contributed by atoms with van der Waals surface area (Å²) in [5.74, 6) is 0. The maximum Gasteiger partial charge on any atom is -0.0683 e. The Hall–Kier alpha value is 0. The van der Waals surface area contributed by atoms with E-state index in [4.69, 9.17) is 0 Å². The third kappa shape index (κ3) is 0. The van der Waals surface area contributed by atoms with Crippen molar-refractivity contribution in [3.63, 3.8) is 0 Å². The SMILES string of the molecule is CC.CC.CC.CC.[CH2-]C. The van der Waals surface area contributed by atoms with Crippen LogP contribution in [0.2, 0.25) is 0 Å². The first-order valence-electron chi connectivity index (χ1n) is 4.71. The van der Waals surface area contributed by atoms with Crippen LogP contribution in [0.5, 0.6) is 0 Å². The van der Waals surface area contributed by atoms with Crippen LogP contribution in [-0.2, 0) is 0 Å². The minimum Gasteiger partial charge on any atom is -0.346 e. The summed E-state index contributed by atoms with van der Waals surface area (Å²) in [5, 5.41) is 0. The van der Waals surface area contributed by atoms with Gasteiger partial charge in [0, 0.05) is 0 Å². The molecule has 0 heterocycles. The largest absolute Gasteiger partial charge is 0.346 e. The summed E-state index contributed by atoms with van der Waals surface area (Å²) in [4.78, 5) is 0. The van der Waals surface area contributed by atoms with Crippen LogP contribution in [-0.4, -0.2) is 0 Å². The molecular formula is C10H29-. The van der Waals surface area contributed by atoms with Crippen molar-refractivity contribution in [1.82, 2.24) is 0 Å². The van der Waals surface area contributed by atoms with E-state index in [1.807, 2.05) is 55.4 Å². The van der Waals surface area contributed by atoms with Gasteiger partial charge in [-0.1, -0.05) is 55.4 Å². The molecule has 0 radical (unpaired) electrons. The molecular weight excluding hydrogens is 120 g/mol. The molecule has 0 unspecified atom stereocenters. The van der Waals surface area contributed by atoms with Crippen molar-refractivity contribution in [3.05, 3.63) is 6.92 Å². The van der Waals surface area contributed by atoms with Gasteiger partial charge >= 0.3 is 0 Å².